The van der Waals surface area contributed by atoms with Gasteiger partial charge in [0.2, 0.25) is 0 Å². The Hall–Kier alpha value is -1.24. The number of carbonyl (C=O) groups excluding carboxylic acids is 1. The molecule has 1 fully saturated rings. The summed E-state index contributed by atoms with van der Waals surface area (Å²) in [4.78, 5) is 10.9. The molecule has 118 valence electrons. The number of hydrogen-bond donors (Lipinski definition) is 2. The van der Waals surface area contributed by atoms with Gasteiger partial charge in [0.15, 0.2) is 6.29 Å². The quantitative estimate of drug-likeness (QED) is 0.508. The molecule has 0 atom stereocenters. The van der Waals surface area contributed by atoms with E-state index in [2.05, 4.69) is 12.6 Å². The molecule has 1 aromatic carbocycles. The number of phenolic OH excluding ortho intramolecular Hbond substituents is 1. The third kappa shape index (κ3) is 3.09. The van der Waals surface area contributed by atoms with E-state index in [1.165, 1.54) is 0 Å². The molecule has 1 aromatic rings. The predicted octanol–water partition coefficient (Wildman–Crippen LogP) is 3.15. The van der Waals surface area contributed by atoms with Crippen LogP contribution in [0.1, 0.15) is 43.6 Å². The molecule has 0 aliphatic carbocycles. The smallest absolute Gasteiger partial charge is 0.491 e. The lowest BCUT2D eigenvalue weighted by Crippen LogP contribution is -2.41. The average Bonchev–Trinajstić information content (AvgIpc) is 2.66. The van der Waals surface area contributed by atoms with E-state index in [0.717, 1.165) is 5.47 Å². The fourth-order valence-electron chi connectivity index (χ4n) is 2.17. The molecule has 0 aromatic heterocycles. The van der Waals surface area contributed by atoms with Gasteiger partial charge in [-0.1, -0.05) is 18.2 Å². The van der Waals surface area contributed by atoms with Crippen molar-refractivity contribution in [1.82, 2.24) is 0 Å². The van der Waals surface area contributed by atoms with E-state index in [-0.39, 0.29) is 11.3 Å². The molecule has 0 radical (unpaired) electrons. The van der Waals surface area contributed by atoms with Gasteiger partial charge in [-0.15, -0.1) is 0 Å². The largest absolute Gasteiger partial charge is 0.507 e. The van der Waals surface area contributed by atoms with Crippen LogP contribution in [0, 0.1) is 0 Å². The minimum absolute atomic E-state index is 0.0479. The van der Waals surface area contributed by atoms with Gasteiger partial charge < -0.3 is 14.4 Å². The molecule has 1 aliphatic heterocycles. The molecule has 1 saturated heterocycles. The molecule has 1 N–H and O–H groups in total. The Bertz CT molecular complexity index is 594. The monoisotopic (exact) mass is 320 g/mol. The van der Waals surface area contributed by atoms with Crippen molar-refractivity contribution in [3.8, 4) is 5.75 Å². The third-order valence-electron chi connectivity index (χ3n) is 4.30. The van der Waals surface area contributed by atoms with E-state index < -0.39 is 18.3 Å². The normalized spacial score (nSPS) is 20.2. The van der Waals surface area contributed by atoms with Gasteiger partial charge in [-0.2, -0.15) is 12.6 Å². The highest BCUT2D eigenvalue weighted by Gasteiger charge is 2.52. The van der Waals surface area contributed by atoms with Crippen LogP contribution in [0.25, 0.3) is 6.08 Å². The van der Waals surface area contributed by atoms with Gasteiger partial charge in [-0.3, -0.25) is 4.79 Å². The molecule has 6 heteroatoms. The number of rotatable bonds is 4. The summed E-state index contributed by atoms with van der Waals surface area (Å²) >= 11 is 4.34. The molecule has 22 heavy (non-hydrogen) atoms. The molecule has 2 rings (SSSR count). The molecule has 0 spiro atoms. The van der Waals surface area contributed by atoms with E-state index in [0.29, 0.717) is 17.6 Å². The molecule has 0 saturated carbocycles. The Morgan fingerprint density at radius 2 is 1.77 bits per heavy atom. The number of benzene rings is 1. The second-order valence-electron chi connectivity index (χ2n) is 6.37. The average molecular weight is 320 g/mol. The first-order valence-corrected chi connectivity index (χ1v) is 7.79. The van der Waals surface area contributed by atoms with Crippen LogP contribution in [0.4, 0.5) is 0 Å². The van der Waals surface area contributed by atoms with Crippen LogP contribution >= 0.6 is 12.6 Å². The summed E-state index contributed by atoms with van der Waals surface area (Å²) < 4.78 is 12.0. The van der Waals surface area contributed by atoms with Crippen molar-refractivity contribution in [2.75, 3.05) is 5.75 Å². The van der Waals surface area contributed by atoms with Crippen molar-refractivity contribution in [2.45, 2.75) is 38.9 Å². The Balaban J connectivity index is 2.36. The highest BCUT2D eigenvalue weighted by atomic mass is 32.1. The first kappa shape index (κ1) is 17.1. The molecular formula is C16H21BO4S. The summed E-state index contributed by atoms with van der Waals surface area (Å²) in [5.41, 5.74) is 0.712. The van der Waals surface area contributed by atoms with E-state index in [1.54, 1.807) is 24.3 Å². The fraction of sp³-hybridized carbons (Fsp3) is 0.438. The number of hydrogen-bond acceptors (Lipinski definition) is 5. The highest BCUT2D eigenvalue weighted by Crippen LogP contribution is 2.39. The van der Waals surface area contributed by atoms with Gasteiger partial charge in [-0.25, -0.2) is 0 Å². The van der Waals surface area contributed by atoms with Gasteiger partial charge in [0.1, 0.15) is 5.75 Å². The van der Waals surface area contributed by atoms with Crippen LogP contribution in [0.15, 0.2) is 23.7 Å². The van der Waals surface area contributed by atoms with Gasteiger partial charge in [0.25, 0.3) is 0 Å². The van der Waals surface area contributed by atoms with Crippen molar-refractivity contribution in [3.05, 3.63) is 34.8 Å². The first-order chi connectivity index (χ1) is 10.2. The Morgan fingerprint density at radius 3 is 2.27 bits per heavy atom. The van der Waals surface area contributed by atoms with Crippen molar-refractivity contribution < 1.29 is 19.2 Å². The van der Waals surface area contributed by atoms with E-state index in [4.69, 9.17) is 9.31 Å². The number of phenols is 1. The summed E-state index contributed by atoms with van der Waals surface area (Å²) in [6.45, 7) is 7.92. The molecule has 0 unspecified atom stereocenters. The zero-order valence-corrected chi connectivity index (χ0v) is 14.2. The zero-order chi connectivity index (χ0) is 16.5. The fourth-order valence-corrected chi connectivity index (χ4v) is 2.41. The molecule has 1 aliphatic rings. The van der Waals surface area contributed by atoms with Gasteiger partial charge in [0, 0.05) is 11.3 Å². The molecule has 1 heterocycles. The van der Waals surface area contributed by atoms with Crippen LogP contribution in [0.2, 0.25) is 0 Å². The van der Waals surface area contributed by atoms with Crippen LogP contribution in [0.3, 0.4) is 0 Å². The van der Waals surface area contributed by atoms with E-state index >= 15 is 0 Å². The summed E-state index contributed by atoms with van der Waals surface area (Å²) in [5.74, 6) is 0.370. The van der Waals surface area contributed by atoms with Gasteiger partial charge >= 0.3 is 7.12 Å². The van der Waals surface area contributed by atoms with Crippen LogP contribution < -0.4 is 0 Å². The maximum atomic E-state index is 10.9. The van der Waals surface area contributed by atoms with Crippen LogP contribution in [0.5, 0.6) is 5.75 Å². The number of aldehydes is 1. The molecular weight excluding hydrogens is 299 g/mol. The molecule has 0 amide bonds. The summed E-state index contributed by atoms with van der Waals surface area (Å²) in [7, 11) is -0.526. The maximum absolute atomic E-state index is 10.9. The first-order valence-electron chi connectivity index (χ1n) is 7.16. The minimum atomic E-state index is -0.526. The van der Waals surface area contributed by atoms with Crippen molar-refractivity contribution in [1.29, 1.82) is 0 Å². The molecule has 0 bridgehead atoms. The van der Waals surface area contributed by atoms with Gasteiger partial charge in [-0.05, 0) is 39.2 Å². The summed E-state index contributed by atoms with van der Waals surface area (Å²) in [5, 5.41) is 10.1. The lowest BCUT2D eigenvalue weighted by atomic mass is 9.78. The number of carbonyl (C=O) groups is 1. The van der Waals surface area contributed by atoms with Crippen molar-refractivity contribution in [2.24, 2.45) is 0 Å². The highest BCUT2D eigenvalue weighted by molar-refractivity contribution is 7.80. The van der Waals surface area contributed by atoms with E-state index in [9.17, 15) is 9.90 Å². The minimum Gasteiger partial charge on any atom is -0.507 e. The lowest BCUT2D eigenvalue weighted by Gasteiger charge is -2.32. The SMILES string of the molecule is CC1(C)OB(C(=Cc2cccc(C=O)c2O)CS)OC1(C)C. The predicted molar refractivity (Wildman–Crippen MR) is 91.4 cm³/mol. The molecule has 4 nitrogen and oxygen atoms in total. The number of thiol groups is 1. The number of aromatic hydroxyl groups is 1. The second kappa shape index (κ2) is 6.10. The topological polar surface area (TPSA) is 55.8 Å². The third-order valence-corrected chi connectivity index (χ3v) is 4.67. The Labute approximate surface area is 137 Å². The van der Waals surface area contributed by atoms with Crippen LogP contribution in [-0.2, 0) is 9.31 Å². The van der Waals surface area contributed by atoms with Crippen molar-refractivity contribution >= 4 is 32.1 Å². The van der Waals surface area contributed by atoms with Crippen LogP contribution in [-0.4, -0.2) is 35.5 Å². The Morgan fingerprint density at radius 1 is 1.23 bits per heavy atom. The lowest BCUT2D eigenvalue weighted by molar-refractivity contribution is 0.00578. The summed E-state index contributed by atoms with van der Waals surface area (Å²) in [6.07, 6.45) is 2.39. The van der Waals surface area contributed by atoms with Crippen molar-refractivity contribution in [3.63, 3.8) is 0 Å². The maximum Gasteiger partial charge on any atom is 0.491 e. The number of para-hydroxylation sites is 1. The zero-order valence-electron chi connectivity index (χ0n) is 13.3. The van der Waals surface area contributed by atoms with E-state index in [1.807, 2.05) is 27.7 Å². The summed E-state index contributed by atoms with van der Waals surface area (Å²) in [6, 6.07) is 5.02. The Kier molecular flexibility index (Phi) is 4.75. The second-order valence-corrected chi connectivity index (χ2v) is 6.68. The van der Waals surface area contributed by atoms with Gasteiger partial charge in [0.05, 0.1) is 16.8 Å². The standard InChI is InChI=1S/C16H21BO4S/c1-15(2)16(3,4)21-17(20-15)13(10-22)8-11-6-5-7-12(9-18)14(11)19/h5-9,19,22H,10H2,1-4H3.